The van der Waals surface area contributed by atoms with Crippen LogP contribution in [0.1, 0.15) is 84.5 Å². The number of nitrogens with one attached hydrogen (secondary N) is 2. The number of aliphatic hydroxyl groups is 3. The fraction of sp³-hybridized carbons (Fsp3) is 0.882. The molecule has 2 aliphatic carbocycles. The lowest BCUT2D eigenvalue weighted by molar-refractivity contribution is -0.292. The van der Waals surface area contributed by atoms with Gasteiger partial charge in [0.15, 0.2) is 0 Å². The molecule has 0 bridgehead atoms. The topological polar surface area (TPSA) is 173 Å². The van der Waals surface area contributed by atoms with Gasteiger partial charge in [0.1, 0.15) is 17.5 Å². The monoisotopic (exact) mass is 635 g/mol. The van der Waals surface area contributed by atoms with E-state index < -0.39 is 54.1 Å². The van der Waals surface area contributed by atoms with Gasteiger partial charge in [0, 0.05) is 23.8 Å². The van der Waals surface area contributed by atoms with Crippen LogP contribution >= 0.6 is 0 Å². The zero-order valence-electron chi connectivity index (χ0n) is 27.4. The van der Waals surface area contributed by atoms with Crippen molar-refractivity contribution in [3.63, 3.8) is 0 Å². The van der Waals surface area contributed by atoms with Crippen molar-refractivity contribution in [1.29, 1.82) is 0 Å². The van der Waals surface area contributed by atoms with E-state index >= 15 is 0 Å². The lowest BCUT2D eigenvalue weighted by atomic mass is 9.58. The van der Waals surface area contributed by atoms with Gasteiger partial charge in [0.25, 0.3) is 0 Å². The number of ether oxygens (including phenoxy) is 3. The summed E-state index contributed by atoms with van der Waals surface area (Å²) < 4.78 is 19.9. The van der Waals surface area contributed by atoms with Crippen LogP contribution in [0.15, 0.2) is 11.6 Å². The van der Waals surface area contributed by atoms with Crippen molar-refractivity contribution in [2.45, 2.75) is 133 Å². The number of piperidine rings is 1. The molecule has 11 nitrogen and oxygen atoms in total. The Morgan fingerprint density at radius 3 is 2.67 bits per heavy atom. The van der Waals surface area contributed by atoms with Crippen LogP contribution in [0.2, 0.25) is 0 Å². The molecule has 11 heteroatoms. The molecule has 11 unspecified atom stereocenters. The summed E-state index contributed by atoms with van der Waals surface area (Å²) in [5, 5.41) is 39.0. The molecule has 0 aromatic heterocycles. The van der Waals surface area contributed by atoms with Gasteiger partial charge in [-0.1, -0.05) is 12.5 Å². The van der Waals surface area contributed by atoms with Gasteiger partial charge < -0.3 is 45.9 Å². The van der Waals surface area contributed by atoms with Crippen molar-refractivity contribution < 1.29 is 39.1 Å². The summed E-state index contributed by atoms with van der Waals surface area (Å²) in [4.78, 5) is 27.1. The number of fused-ring (bicyclic) bond motifs is 2. The smallest absolute Gasteiger partial charge is 0.334 e. The van der Waals surface area contributed by atoms with Crippen molar-refractivity contribution in [2.75, 3.05) is 26.7 Å². The Morgan fingerprint density at radius 1 is 1.20 bits per heavy atom. The number of esters is 1. The summed E-state index contributed by atoms with van der Waals surface area (Å²) in [6.45, 7) is 5.06. The highest BCUT2D eigenvalue weighted by Gasteiger charge is 2.62. The molecule has 13 atom stereocenters. The number of nitrogens with two attached hydrogens (primary N) is 1. The van der Waals surface area contributed by atoms with E-state index in [1.165, 1.54) is 0 Å². The van der Waals surface area contributed by atoms with Gasteiger partial charge in [-0.25, -0.2) is 4.79 Å². The Morgan fingerprint density at radius 2 is 2.00 bits per heavy atom. The SMILES string of the molecule is CC=C(CCNC)C(=O)O[C@H]1CC2C(O)C3C(=O)CC(CO)OC3C(C3CCCC(O)C3)C2O[C@@]1(C)CCC1CCC(N)NC1. The number of ketones is 1. The summed E-state index contributed by atoms with van der Waals surface area (Å²) in [6.07, 6.45) is 5.47. The van der Waals surface area contributed by atoms with Crippen LogP contribution < -0.4 is 16.4 Å². The lowest BCUT2D eigenvalue weighted by Gasteiger charge is -2.59. The maximum atomic E-state index is 13.5. The Balaban J connectivity index is 1.47. The maximum absolute atomic E-state index is 13.5. The number of carbonyl (C=O) groups excluding carboxylic acids is 2. The Bertz CT molecular complexity index is 1050. The van der Waals surface area contributed by atoms with E-state index in [1.807, 2.05) is 20.9 Å². The molecule has 5 fully saturated rings. The molecule has 45 heavy (non-hydrogen) atoms. The molecule has 5 aliphatic rings. The molecule has 0 spiro atoms. The van der Waals surface area contributed by atoms with E-state index in [4.69, 9.17) is 19.9 Å². The minimum absolute atomic E-state index is 0.0123. The van der Waals surface area contributed by atoms with Crippen LogP contribution in [0.25, 0.3) is 0 Å². The van der Waals surface area contributed by atoms with Crippen LogP contribution in [-0.4, -0.2) is 102 Å². The van der Waals surface area contributed by atoms with Gasteiger partial charge in [-0.2, -0.15) is 0 Å². The Kier molecular flexibility index (Phi) is 11.8. The number of allylic oxidation sites excluding steroid dienone is 1. The number of Topliss-reactive ketones (excluding diaryl/α,β-unsaturated/α-hetero) is 1. The molecular formula is C34H57N3O8. The van der Waals surface area contributed by atoms with Gasteiger partial charge in [0.05, 0.1) is 49.2 Å². The summed E-state index contributed by atoms with van der Waals surface area (Å²) in [5.74, 6) is -1.48. The van der Waals surface area contributed by atoms with Crippen molar-refractivity contribution >= 4 is 11.8 Å². The first kappa shape index (κ1) is 34.9. The molecule has 0 aromatic carbocycles. The number of carbonyl (C=O) groups is 2. The van der Waals surface area contributed by atoms with E-state index in [0.29, 0.717) is 43.7 Å². The summed E-state index contributed by atoms with van der Waals surface area (Å²) >= 11 is 0. The average molecular weight is 636 g/mol. The lowest BCUT2D eigenvalue weighted by Crippen LogP contribution is -2.69. The highest BCUT2D eigenvalue weighted by Crippen LogP contribution is 2.53. The van der Waals surface area contributed by atoms with E-state index in [9.17, 15) is 24.9 Å². The number of rotatable bonds is 10. The van der Waals surface area contributed by atoms with Crippen LogP contribution in [-0.2, 0) is 23.8 Å². The fourth-order valence-electron chi connectivity index (χ4n) is 8.96. The molecule has 0 aromatic rings. The second-order valence-corrected chi connectivity index (χ2v) is 14.6. The standard InChI is InChI=1S/C34H57N3O8/c1-4-20(11-13-36-3)33(42)44-26-16-24-30(41)29-25(40)15-23(18-38)43-32(29)28(21-6-5-7-22(39)14-21)31(24)45-34(26,2)12-10-19-8-9-27(35)37-17-19/h4,19,21-24,26-32,36-39,41H,5-18,35H2,1-3H3/t19?,21?,22?,23?,24?,26-,27?,28?,29?,30?,31?,32?,34-/m0/s1. The highest BCUT2D eigenvalue weighted by molar-refractivity contribution is 5.88. The summed E-state index contributed by atoms with van der Waals surface area (Å²) in [5.41, 5.74) is 5.83. The first-order chi connectivity index (χ1) is 21.6. The summed E-state index contributed by atoms with van der Waals surface area (Å²) in [7, 11) is 1.84. The second kappa shape index (κ2) is 15.2. The van der Waals surface area contributed by atoms with Crippen LogP contribution in [0.5, 0.6) is 0 Å². The number of aliphatic hydroxyl groups excluding tert-OH is 3. The summed E-state index contributed by atoms with van der Waals surface area (Å²) in [6, 6.07) is 0. The van der Waals surface area contributed by atoms with Crippen molar-refractivity contribution in [3.05, 3.63) is 11.6 Å². The molecule has 7 N–H and O–H groups in total. The zero-order valence-corrected chi connectivity index (χ0v) is 27.4. The highest BCUT2D eigenvalue weighted by atomic mass is 16.6. The quantitative estimate of drug-likeness (QED) is 0.152. The zero-order chi connectivity index (χ0) is 32.3. The van der Waals surface area contributed by atoms with Crippen LogP contribution in [0.4, 0.5) is 0 Å². The minimum atomic E-state index is -1.03. The Labute approximate surface area is 268 Å². The molecule has 5 rings (SSSR count). The third kappa shape index (κ3) is 7.67. The average Bonchev–Trinajstić information content (AvgIpc) is 3.02. The molecule has 3 aliphatic heterocycles. The van der Waals surface area contributed by atoms with Gasteiger partial charge in [-0.3, -0.25) is 4.79 Å². The van der Waals surface area contributed by atoms with Crippen molar-refractivity contribution in [1.82, 2.24) is 10.6 Å². The van der Waals surface area contributed by atoms with Crippen LogP contribution in [0.3, 0.4) is 0 Å². The van der Waals surface area contributed by atoms with Crippen LogP contribution in [0, 0.1) is 29.6 Å². The predicted octanol–water partition coefficient (Wildman–Crippen LogP) is 1.56. The minimum Gasteiger partial charge on any atom is -0.456 e. The molecule has 2 saturated carbocycles. The number of hydrogen-bond acceptors (Lipinski definition) is 11. The van der Waals surface area contributed by atoms with Gasteiger partial charge in [-0.05, 0) is 104 Å². The normalized spacial score (nSPS) is 44.2. The molecule has 3 heterocycles. The predicted molar refractivity (Wildman–Crippen MR) is 168 cm³/mol. The Hall–Kier alpha value is -1.44. The molecule has 256 valence electrons. The first-order valence-corrected chi connectivity index (χ1v) is 17.4. The van der Waals surface area contributed by atoms with Gasteiger partial charge in [0.2, 0.25) is 0 Å². The van der Waals surface area contributed by atoms with Gasteiger partial charge >= 0.3 is 5.97 Å². The van der Waals surface area contributed by atoms with E-state index in [2.05, 4.69) is 10.6 Å². The van der Waals surface area contributed by atoms with E-state index in [1.54, 1.807) is 6.08 Å². The maximum Gasteiger partial charge on any atom is 0.334 e. The fourth-order valence-corrected chi connectivity index (χ4v) is 8.96. The first-order valence-electron chi connectivity index (χ1n) is 17.4. The molecule has 0 amide bonds. The third-order valence-corrected chi connectivity index (χ3v) is 11.6. The van der Waals surface area contributed by atoms with Crippen molar-refractivity contribution in [2.24, 2.45) is 35.3 Å². The second-order valence-electron chi connectivity index (χ2n) is 14.6. The largest absolute Gasteiger partial charge is 0.456 e. The molecular weight excluding hydrogens is 578 g/mol. The molecule has 0 radical (unpaired) electrons. The molecule has 3 saturated heterocycles. The van der Waals surface area contributed by atoms with E-state index in [-0.39, 0.29) is 42.8 Å². The van der Waals surface area contributed by atoms with Crippen molar-refractivity contribution in [3.8, 4) is 0 Å². The number of hydrogen-bond donors (Lipinski definition) is 6. The van der Waals surface area contributed by atoms with E-state index in [0.717, 1.165) is 45.1 Å². The van der Waals surface area contributed by atoms with Gasteiger partial charge in [-0.15, -0.1) is 0 Å². The third-order valence-electron chi connectivity index (χ3n) is 11.6.